The van der Waals surface area contributed by atoms with E-state index in [1.54, 1.807) is 24.6 Å². The standard InChI is InChI=1S/C15H22N2O3S2/c1-16-14(18)12-10-17(11-15(12)7-3-2-4-8-15)22(19,20)13-6-5-9-21-13/h5-6,9,12H,2-4,7-8,10-11H2,1H3,(H,16,18)/t12-/m1/s1. The first-order chi connectivity index (χ1) is 10.5. The van der Waals surface area contributed by atoms with Crippen LogP contribution in [0.3, 0.4) is 0 Å². The molecule has 2 fully saturated rings. The molecule has 1 aromatic rings. The molecule has 2 heterocycles. The minimum Gasteiger partial charge on any atom is -0.359 e. The molecule has 1 N–H and O–H groups in total. The molecule has 7 heteroatoms. The second-order valence-corrected chi connectivity index (χ2v) is 9.43. The maximum atomic E-state index is 12.8. The van der Waals surface area contributed by atoms with Gasteiger partial charge >= 0.3 is 0 Å². The lowest BCUT2D eigenvalue weighted by atomic mass is 9.67. The minimum atomic E-state index is -3.47. The van der Waals surface area contributed by atoms with Crippen molar-refractivity contribution in [2.45, 2.75) is 36.3 Å². The molecule has 5 nitrogen and oxygen atoms in total. The van der Waals surface area contributed by atoms with Crippen LogP contribution in [0.15, 0.2) is 21.7 Å². The van der Waals surface area contributed by atoms with Gasteiger partial charge < -0.3 is 5.32 Å². The van der Waals surface area contributed by atoms with Crippen molar-refractivity contribution in [3.05, 3.63) is 17.5 Å². The quantitative estimate of drug-likeness (QED) is 0.914. The molecule has 1 aliphatic carbocycles. The fourth-order valence-corrected chi connectivity index (χ4v) is 6.64. The summed E-state index contributed by atoms with van der Waals surface area (Å²) in [6.45, 7) is 0.783. The zero-order valence-electron chi connectivity index (χ0n) is 12.7. The smallest absolute Gasteiger partial charge is 0.252 e. The number of hydrogen-bond donors (Lipinski definition) is 1. The minimum absolute atomic E-state index is 0.0224. The Morgan fingerprint density at radius 3 is 2.68 bits per heavy atom. The predicted molar refractivity (Wildman–Crippen MR) is 86.2 cm³/mol. The Kier molecular flexibility index (Phi) is 4.31. The number of sulfonamides is 1. The number of hydrogen-bond acceptors (Lipinski definition) is 4. The molecule has 22 heavy (non-hydrogen) atoms. The van der Waals surface area contributed by atoms with Gasteiger partial charge in [0.25, 0.3) is 10.0 Å². The summed E-state index contributed by atoms with van der Waals surface area (Å²) < 4.78 is 27.5. The lowest BCUT2D eigenvalue weighted by Crippen LogP contribution is -2.41. The van der Waals surface area contributed by atoms with Gasteiger partial charge in [-0.2, -0.15) is 4.31 Å². The Balaban J connectivity index is 1.92. The molecule has 122 valence electrons. The van der Waals surface area contributed by atoms with Gasteiger partial charge in [-0.25, -0.2) is 8.42 Å². The van der Waals surface area contributed by atoms with E-state index in [1.165, 1.54) is 22.1 Å². The molecule has 1 saturated carbocycles. The normalized spacial score (nSPS) is 25.4. The highest BCUT2D eigenvalue weighted by atomic mass is 32.2. The molecule has 1 aliphatic heterocycles. The van der Waals surface area contributed by atoms with E-state index >= 15 is 0 Å². The largest absolute Gasteiger partial charge is 0.359 e. The lowest BCUT2D eigenvalue weighted by Gasteiger charge is -2.37. The Hall–Kier alpha value is -0.920. The van der Waals surface area contributed by atoms with Crippen LogP contribution in [0.2, 0.25) is 0 Å². The van der Waals surface area contributed by atoms with Gasteiger partial charge in [0.05, 0.1) is 5.92 Å². The fourth-order valence-electron chi connectivity index (χ4n) is 3.94. The number of rotatable bonds is 3. The van der Waals surface area contributed by atoms with E-state index in [0.717, 1.165) is 25.7 Å². The van der Waals surface area contributed by atoms with Crippen molar-refractivity contribution in [2.24, 2.45) is 11.3 Å². The highest BCUT2D eigenvalue weighted by Crippen LogP contribution is 2.49. The number of nitrogens with one attached hydrogen (secondary N) is 1. The lowest BCUT2D eigenvalue weighted by molar-refractivity contribution is -0.127. The van der Waals surface area contributed by atoms with E-state index in [9.17, 15) is 13.2 Å². The average molecular weight is 342 g/mol. The van der Waals surface area contributed by atoms with Crippen molar-refractivity contribution in [1.29, 1.82) is 0 Å². The Labute approximate surface area is 135 Å². The molecule has 1 atom stereocenters. The second-order valence-electron chi connectivity index (χ2n) is 6.32. The Morgan fingerprint density at radius 2 is 2.09 bits per heavy atom. The van der Waals surface area contributed by atoms with E-state index in [-0.39, 0.29) is 17.2 Å². The molecule has 3 rings (SSSR count). The van der Waals surface area contributed by atoms with Gasteiger partial charge in [0.1, 0.15) is 4.21 Å². The van der Waals surface area contributed by atoms with Crippen molar-refractivity contribution in [3.63, 3.8) is 0 Å². The van der Waals surface area contributed by atoms with Gasteiger partial charge in [-0.1, -0.05) is 25.3 Å². The summed E-state index contributed by atoms with van der Waals surface area (Å²) in [6.07, 6.45) is 5.24. The maximum absolute atomic E-state index is 12.8. The number of carbonyl (C=O) groups is 1. The van der Waals surface area contributed by atoms with Gasteiger partial charge in [-0.15, -0.1) is 11.3 Å². The van der Waals surface area contributed by atoms with Crippen LogP contribution in [0, 0.1) is 11.3 Å². The summed E-state index contributed by atoms with van der Waals surface area (Å²) in [7, 11) is -1.84. The van der Waals surface area contributed by atoms with Gasteiger partial charge in [0.15, 0.2) is 0 Å². The van der Waals surface area contributed by atoms with Crippen LogP contribution >= 0.6 is 11.3 Å². The third kappa shape index (κ3) is 2.59. The van der Waals surface area contributed by atoms with Crippen molar-refractivity contribution in [2.75, 3.05) is 20.1 Å². The number of nitrogens with zero attached hydrogens (tertiary/aromatic N) is 1. The molecule has 1 aromatic heterocycles. The number of amides is 1. The average Bonchev–Trinajstić information content (AvgIpc) is 3.16. The highest BCUT2D eigenvalue weighted by molar-refractivity contribution is 7.91. The van der Waals surface area contributed by atoms with Crippen LogP contribution in [-0.2, 0) is 14.8 Å². The van der Waals surface area contributed by atoms with Crippen molar-refractivity contribution >= 4 is 27.3 Å². The number of thiophene rings is 1. The molecule has 2 aliphatic rings. The van der Waals surface area contributed by atoms with Crippen LogP contribution in [0.5, 0.6) is 0 Å². The monoisotopic (exact) mass is 342 g/mol. The van der Waals surface area contributed by atoms with Crippen molar-refractivity contribution in [3.8, 4) is 0 Å². The highest BCUT2D eigenvalue weighted by Gasteiger charge is 2.52. The molecule has 1 amide bonds. The van der Waals surface area contributed by atoms with E-state index < -0.39 is 10.0 Å². The number of carbonyl (C=O) groups excluding carboxylic acids is 1. The van der Waals surface area contributed by atoms with Crippen LogP contribution in [0.4, 0.5) is 0 Å². The third-order valence-corrected chi connectivity index (χ3v) is 8.30. The second kappa shape index (κ2) is 5.94. The predicted octanol–water partition coefficient (Wildman–Crippen LogP) is 2.07. The SMILES string of the molecule is CNC(=O)[C@H]1CN(S(=O)(=O)c2cccs2)CC12CCCCC2. The van der Waals surface area contributed by atoms with E-state index in [0.29, 0.717) is 17.3 Å². The molecular weight excluding hydrogens is 320 g/mol. The van der Waals surface area contributed by atoms with Gasteiger partial charge in [-0.05, 0) is 29.7 Å². The molecule has 1 spiro atoms. The zero-order valence-corrected chi connectivity index (χ0v) is 14.4. The first-order valence-electron chi connectivity index (χ1n) is 7.75. The van der Waals surface area contributed by atoms with E-state index in [4.69, 9.17) is 0 Å². The zero-order chi connectivity index (χ0) is 15.8. The van der Waals surface area contributed by atoms with E-state index in [2.05, 4.69) is 5.32 Å². The van der Waals surface area contributed by atoms with E-state index in [1.807, 2.05) is 0 Å². The van der Waals surface area contributed by atoms with Gasteiger partial charge in [-0.3, -0.25) is 4.79 Å². The van der Waals surface area contributed by atoms with Crippen molar-refractivity contribution in [1.82, 2.24) is 9.62 Å². The van der Waals surface area contributed by atoms with Crippen LogP contribution < -0.4 is 5.32 Å². The fraction of sp³-hybridized carbons (Fsp3) is 0.667. The van der Waals surface area contributed by atoms with Crippen LogP contribution in [-0.4, -0.2) is 38.8 Å². The maximum Gasteiger partial charge on any atom is 0.252 e. The van der Waals surface area contributed by atoms with Crippen molar-refractivity contribution < 1.29 is 13.2 Å². The van der Waals surface area contributed by atoms with Crippen LogP contribution in [0.1, 0.15) is 32.1 Å². The first kappa shape index (κ1) is 16.0. The summed E-state index contributed by atoms with van der Waals surface area (Å²) in [5.74, 6) is -0.252. The topological polar surface area (TPSA) is 66.5 Å². The van der Waals surface area contributed by atoms with Crippen LogP contribution in [0.25, 0.3) is 0 Å². The summed E-state index contributed by atoms with van der Waals surface area (Å²) in [4.78, 5) is 12.3. The molecule has 0 radical (unpaired) electrons. The Bertz CT molecular complexity index is 634. The Morgan fingerprint density at radius 1 is 1.36 bits per heavy atom. The molecule has 0 aromatic carbocycles. The summed E-state index contributed by atoms with van der Waals surface area (Å²) in [5, 5.41) is 4.50. The first-order valence-corrected chi connectivity index (χ1v) is 10.1. The summed E-state index contributed by atoms with van der Waals surface area (Å²) in [6, 6.07) is 3.39. The summed E-state index contributed by atoms with van der Waals surface area (Å²) >= 11 is 1.24. The molecule has 1 saturated heterocycles. The molecular formula is C15H22N2O3S2. The molecule has 0 unspecified atom stereocenters. The third-order valence-electron chi connectivity index (χ3n) is 5.12. The van der Waals surface area contributed by atoms with Gasteiger partial charge in [0.2, 0.25) is 5.91 Å². The molecule has 0 bridgehead atoms. The summed E-state index contributed by atoms with van der Waals surface area (Å²) in [5.41, 5.74) is -0.178. The van der Waals surface area contributed by atoms with Gasteiger partial charge in [0, 0.05) is 20.1 Å².